The normalized spacial score (nSPS) is 24.3. The Balaban J connectivity index is 1.62. The van der Waals surface area contributed by atoms with Gasteiger partial charge in [0.25, 0.3) is 10.2 Å². The van der Waals surface area contributed by atoms with Gasteiger partial charge < -0.3 is 4.90 Å². The van der Waals surface area contributed by atoms with Crippen molar-refractivity contribution in [1.29, 1.82) is 0 Å². The lowest BCUT2D eigenvalue weighted by Gasteiger charge is -2.34. The molecular weight excluding hydrogens is 314 g/mol. The van der Waals surface area contributed by atoms with E-state index in [1.165, 1.54) is 0 Å². The molecule has 0 radical (unpaired) electrons. The van der Waals surface area contributed by atoms with Crippen LogP contribution >= 0.6 is 0 Å². The van der Waals surface area contributed by atoms with Crippen molar-refractivity contribution in [3.05, 3.63) is 18.5 Å². The second kappa shape index (κ2) is 7.55. The van der Waals surface area contributed by atoms with Crippen LogP contribution in [0.25, 0.3) is 0 Å². The minimum absolute atomic E-state index is 0.0826. The van der Waals surface area contributed by atoms with Gasteiger partial charge in [-0.3, -0.25) is 0 Å². The summed E-state index contributed by atoms with van der Waals surface area (Å²) in [5, 5.41) is 0. The zero-order valence-corrected chi connectivity index (χ0v) is 14.2. The first-order valence-electron chi connectivity index (χ1n) is 8.44. The van der Waals surface area contributed by atoms with Crippen molar-refractivity contribution in [3.8, 4) is 0 Å². The zero-order chi connectivity index (χ0) is 16.1. The van der Waals surface area contributed by atoms with Crippen LogP contribution in [0.2, 0.25) is 0 Å². The molecule has 1 atom stereocenters. The van der Waals surface area contributed by atoms with E-state index in [9.17, 15) is 8.42 Å². The summed E-state index contributed by atoms with van der Waals surface area (Å²) >= 11 is 0. The van der Waals surface area contributed by atoms with Crippen molar-refractivity contribution in [2.24, 2.45) is 0 Å². The van der Waals surface area contributed by atoms with E-state index in [0.717, 1.165) is 45.1 Å². The molecule has 23 heavy (non-hydrogen) atoms. The predicted molar refractivity (Wildman–Crippen MR) is 89.4 cm³/mol. The number of piperidine rings is 1. The summed E-state index contributed by atoms with van der Waals surface area (Å²) in [5.41, 5.74) is 0. The topological polar surface area (TPSA) is 78.4 Å². The Morgan fingerprint density at radius 3 is 2.39 bits per heavy atom. The Morgan fingerprint density at radius 1 is 1.00 bits per heavy atom. The van der Waals surface area contributed by atoms with Crippen molar-refractivity contribution >= 4 is 16.2 Å². The first-order chi connectivity index (χ1) is 11.1. The highest BCUT2D eigenvalue weighted by atomic mass is 32.2. The molecule has 8 heteroatoms. The Kier molecular flexibility index (Phi) is 5.45. The largest absolute Gasteiger partial charge is 0.339 e. The van der Waals surface area contributed by atoms with E-state index >= 15 is 0 Å². The van der Waals surface area contributed by atoms with Gasteiger partial charge in [-0.2, -0.15) is 17.4 Å². The number of hydrogen-bond acceptors (Lipinski definition) is 5. The van der Waals surface area contributed by atoms with Crippen LogP contribution < -0.4 is 9.62 Å². The summed E-state index contributed by atoms with van der Waals surface area (Å²) in [6.07, 6.45) is 9.37. The first kappa shape index (κ1) is 16.6. The van der Waals surface area contributed by atoms with E-state index in [1.807, 2.05) is 0 Å². The summed E-state index contributed by atoms with van der Waals surface area (Å²) < 4.78 is 29.7. The molecule has 0 bridgehead atoms. The fourth-order valence-corrected chi connectivity index (χ4v) is 4.78. The van der Waals surface area contributed by atoms with Gasteiger partial charge in [0.1, 0.15) is 0 Å². The van der Waals surface area contributed by atoms with E-state index in [1.54, 1.807) is 22.8 Å². The van der Waals surface area contributed by atoms with Gasteiger partial charge in [0.15, 0.2) is 0 Å². The average Bonchev–Trinajstić information content (AvgIpc) is 2.85. The lowest BCUT2D eigenvalue weighted by molar-refractivity contribution is 0.394. The van der Waals surface area contributed by atoms with Gasteiger partial charge in [0.05, 0.1) is 0 Å². The average molecular weight is 339 g/mol. The third-order valence-corrected chi connectivity index (χ3v) is 6.15. The van der Waals surface area contributed by atoms with Gasteiger partial charge in [-0.05, 0) is 31.7 Å². The Bertz CT molecular complexity index is 587. The molecule has 2 saturated heterocycles. The quantitative estimate of drug-likeness (QED) is 0.890. The minimum atomic E-state index is -3.40. The summed E-state index contributed by atoms with van der Waals surface area (Å²) in [6, 6.07) is 1.70. The third kappa shape index (κ3) is 4.39. The van der Waals surface area contributed by atoms with E-state index in [4.69, 9.17) is 0 Å². The molecule has 1 unspecified atom stereocenters. The fraction of sp³-hybridized carbons (Fsp3) is 0.733. The number of nitrogens with one attached hydrogen (secondary N) is 1. The molecule has 2 aliphatic heterocycles. The number of nitrogens with zero attached hydrogens (tertiary/aromatic N) is 4. The van der Waals surface area contributed by atoms with Crippen LogP contribution in [0.5, 0.6) is 0 Å². The fourth-order valence-electron chi connectivity index (χ4n) is 3.28. The number of hydrogen-bond donors (Lipinski definition) is 1. The second-order valence-electron chi connectivity index (χ2n) is 6.27. The van der Waals surface area contributed by atoms with Gasteiger partial charge in [-0.15, -0.1) is 0 Å². The zero-order valence-electron chi connectivity index (χ0n) is 13.4. The Morgan fingerprint density at radius 2 is 1.70 bits per heavy atom. The molecule has 0 saturated carbocycles. The van der Waals surface area contributed by atoms with Crippen LogP contribution in [0.1, 0.15) is 38.5 Å². The standard InChI is InChI=1S/C15H25N5O2S/c21-23(22,20-11-3-1-2-4-12-20)18-14-7-5-10-19(13-14)15-16-8-6-9-17-15/h6,8-9,14,18H,1-5,7,10-13H2. The summed E-state index contributed by atoms with van der Waals surface area (Å²) in [5.74, 6) is 0.672. The summed E-state index contributed by atoms with van der Waals surface area (Å²) in [7, 11) is -3.40. The molecule has 3 heterocycles. The van der Waals surface area contributed by atoms with Crippen LogP contribution in [-0.4, -0.2) is 54.9 Å². The van der Waals surface area contributed by atoms with Gasteiger partial charge >= 0.3 is 0 Å². The molecule has 2 fully saturated rings. The molecule has 0 amide bonds. The maximum Gasteiger partial charge on any atom is 0.279 e. The lowest BCUT2D eigenvalue weighted by Crippen LogP contribution is -2.52. The second-order valence-corrected chi connectivity index (χ2v) is 7.97. The highest BCUT2D eigenvalue weighted by molar-refractivity contribution is 7.87. The van der Waals surface area contributed by atoms with Gasteiger partial charge in [0.2, 0.25) is 5.95 Å². The number of rotatable bonds is 4. The summed E-state index contributed by atoms with van der Waals surface area (Å²) in [6.45, 7) is 2.75. The molecule has 1 N–H and O–H groups in total. The molecule has 2 aliphatic rings. The Labute approximate surface area is 138 Å². The van der Waals surface area contributed by atoms with Crippen LogP contribution in [-0.2, 0) is 10.2 Å². The monoisotopic (exact) mass is 339 g/mol. The first-order valence-corrected chi connectivity index (χ1v) is 9.88. The van der Waals surface area contributed by atoms with E-state index in [2.05, 4.69) is 19.6 Å². The van der Waals surface area contributed by atoms with Crippen LogP contribution in [0.4, 0.5) is 5.95 Å². The van der Waals surface area contributed by atoms with E-state index < -0.39 is 10.2 Å². The highest BCUT2D eigenvalue weighted by Gasteiger charge is 2.29. The molecule has 3 rings (SSSR count). The molecule has 0 aliphatic carbocycles. The van der Waals surface area contributed by atoms with Crippen molar-refractivity contribution in [1.82, 2.24) is 19.0 Å². The van der Waals surface area contributed by atoms with Crippen LogP contribution in [0, 0.1) is 0 Å². The van der Waals surface area contributed by atoms with Crippen LogP contribution in [0.15, 0.2) is 18.5 Å². The van der Waals surface area contributed by atoms with Gasteiger partial charge in [-0.1, -0.05) is 12.8 Å². The maximum atomic E-state index is 12.6. The molecule has 128 valence electrons. The molecule has 7 nitrogen and oxygen atoms in total. The van der Waals surface area contributed by atoms with Crippen molar-refractivity contribution < 1.29 is 8.42 Å². The molecule has 1 aromatic heterocycles. The molecule has 1 aromatic rings. The van der Waals surface area contributed by atoms with Gasteiger partial charge in [-0.25, -0.2) is 9.97 Å². The van der Waals surface area contributed by atoms with E-state index in [-0.39, 0.29) is 6.04 Å². The molecule has 0 aromatic carbocycles. The molecule has 0 spiro atoms. The minimum Gasteiger partial charge on any atom is -0.339 e. The highest BCUT2D eigenvalue weighted by Crippen LogP contribution is 2.18. The van der Waals surface area contributed by atoms with Crippen LogP contribution in [0.3, 0.4) is 0 Å². The Hall–Kier alpha value is -1.25. The van der Waals surface area contributed by atoms with Gasteiger partial charge in [0, 0.05) is 44.6 Å². The SMILES string of the molecule is O=S(=O)(NC1CCCN(c2ncccn2)C1)N1CCCCCC1. The van der Waals surface area contributed by atoms with Crippen molar-refractivity contribution in [2.75, 3.05) is 31.1 Å². The predicted octanol–water partition coefficient (Wildman–Crippen LogP) is 1.16. The number of anilines is 1. The summed E-state index contributed by atoms with van der Waals surface area (Å²) in [4.78, 5) is 10.6. The van der Waals surface area contributed by atoms with E-state index in [0.29, 0.717) is 25.6 Å². The number of aromatic nitrogens is 2. The maximum absolute atomic E-state index is 12.6. The third-order valence-electron chi connectivity index (χ3n) is 4.48. The molecular formula is C15H25N5O2S. The van der Waals surface area contributed by atoms with Crippen molar-refractivity contribution in [2.45, 2.75) is 44.6 Å². The smallest absolute Gasteiger partial charge is 0.279 e. The lowest BCUT2D eigenvalue weighted by atomic mass is 10.1. The van der Waals surface area contributed by atoms with Crippen molar-refractivity contribution in [3.63, 3.8) is 0 Å².